The minimum Gasteiger partial charge on any atom is -0.348 e. The quantitative estimate of drug-likeness (QED) is 0.715. The Balaban J connectivity index is 0. The molecule has 136 valence electrons. The van der Waals surface area contributed by atoms with Gasteiger partial charge >= 0.3 is 0 Å². The molecule has 0 aliphatic heterocycles. The Labute approximate surface area is 151 Å². The average molecular weight is 369 g/mol. The van der Waals surface area contributed by atoms with Crippen molar-refractivity contribution in [2.24, 2.45) is 12.8 Å². The van der Waals surface area contributed by atoms with Gasteiger partial charge in [0.15, 0.2) is 0 Å². The minimum atomic E-state index is -0.292. The van der Waals surface area contributed by atoms with Crippen LogP contribution in [0.3, 0.4) is 0 Å². The van der Waals surface area contributed by atoms with Crippen LogP contribution in [0.1, 0.15) is 38.3 Å². The molecule has 0 aliphatic carbocycles. The molecule has 0 fully saturated rings. The Bertz CT molecular complexity index is 468. The monoisotopic (exact) mass is 368 g/mol. The van der Waals surface area contributed by atoms with E-state index in [2.05, 4.69) is 15.5 Å². The molecule has 1 rings (SSSR count). The van der Waals surface area contributed by atoms with Crippen LogP contribution in [-0.2, 0) is 18.4 Å². The maximum absolute atomic E-state index is 12.2. The van der Waals surface area contributed by atoms with E-state index in [1.807, 2.05) is 44.3 Å². The van der Waals surface area contributed by atoms with Crippen molar-refractivity contribution in [2.75, 3.05) is 20.1 Å². The average Bonchev–Trinajstić information content (AvgIpc) is 2.76. The van der Waals surface area contributed by atoms with E-state index >= 15 is 0 Å². The van der Waals surface area contributed by atoms with E-state index in [0.717, 1.165) is 24.5 Å². The zero-order valence-corrected chi connectivity index (χ0v) is 16.3. The summed E-state index contributed by atoms with van der Waals surface area (Å²) in [5, 5.41) is 11.2. The first-order valence-corrected chi connectivity index (χ1v) is 7.42. The lowest BCUT2D eigenvalue weighted by molar-refractivity contribution is -0.124. The Hall–Kier alpha value is -0.890. The van der Waals surface area contributed by atoms with Crippen molar-refractivity contribution in [1.29, 1.82) is 0 Å². The summed E-state index contributed by atoms with van der Waals surface area (Å²) >= 11 is 0. The first kappa shape index (κ1) is 24.4. The third-order valence-corrected chi connectivity index (χ3v) is 4.16. The molecule has 0 saturated carbocycles. The molecule has 0 saturated heterocycles. The lowest BCUT2D eigenvalue weighted by Crippen LogP contribution is -2.54. The van der Waals surface area contributed by atoms with Crippen LogP contribution in [0.2, 0.25) is 0 Å². The maximum Gasteiger partial charge on any atom is 0.234 e. The molecular weight excluding hydrogens is 339 g/mol. The van der Waals surface area contributed by atoms with Crippen molar-refractivity contribution < 1.29 is 4.79 Å². The molecular formula is C14H30Cl2N6O. The highest BCUT2D eigenvalue weighted by molar-refractivity contribution is 5.85. The molecule has 7 nitrogen and oxygen atoms in total. The topological polar surface area (TPSA) is 89.1 Å². The Morgan fingerprint density at radius 1 is 1.30 bits per heavy atom. The van der Waals surface area contributed by atoms with Gasteiger partial charge < -0.3 is 15.6 Å². The summed E-state index contributed by atoms with van der Waals surface area (Å²) in [7, 11) is 3.82. The number of aryl methyl sites for hydroxylation is 1. The number of halogens is 2. The molecule has 0 spiro atoms. The van der Waals surface area contributed by atoms with E-state index in [9.17, 15) is 4.79 Å². The second kappa shape index (κ2) is 10.8. The van der Waals surface area contributed by atoms with Crippen molar-refractivity contribution in [3.63, 3.8) is 0 Å². The van der Waals surface area contributed by atoms with E-state index in [0.29, 0.717) is 19.6 Å². The molecule has 1 aromatic heterocycles. The highest BCUT2D eigenvalue weighted by Gasteiger charge is 2.26. The maximum atomic E-state index is 12.2. The standard InChI is InChI=1S/C14H28N6O.2ClH/c1-6-14(7-2,10-15)16-13(21)9-19(4)8-12-18-17-11(3)20(12)5;;/h6-10,15H2,1-5H3,(H,16,21);2*1H. The Morgan fingerprint density at radius 2 is 1.87 bits per heavy atom. The third kappa shape index (κ3) is 6.63. The fraction of sp³-hybridized carbons (Fsp3) is 0.786. The number of carbonyl (C=O) groups is 1. The normalized spacial score (nSPS) is 10.9. The van der Waals surface area contributed by atoms with Crippen LogP contribution in [0.25, 0.3) is 0 Å². The number of hydrogen-bond donors (Lipinski definition) is 2. The first-order chi connectivity index (χ1) is 9.87. The van der Waals surface area contributed by atoms with Crippen LogP contribution in [0.5, 0.6) is 0 Å². The smallest absolute Gasteiger partial charge is 0.234 e. The summed E-state index contributed by atoms with van der Waals surface area (Å²) < 4.78 is 1.93. The molecule has 9 heteroatoms. The van der Waals surface area contributed by atoms with E-state index < -0.39 is 0 Å². The van der Waals surface area contributed by atoms with Crippen molar-refractivity contribution >= 4 is 30.7 Å². The molecule has 23 heavy (non-hydrogen) atoms. The van der Waals surface area contributed by atoms with Gasteiger partial charge in [0.25, 0.3) is 0 Å². The number of amides is 1. The number of hydrogen-bond acceptors (Lipinski definition) is 5. The number of nitrogens with two attached hydrogens (primary N) is 1. The number of likely N-dealkylation sites (N-methyl/N-ethyl adjacent to an activating group) is 1. The predicted molar refractivity (Wildman–Crippen MR) is 97.1 cm³/mol. The predicted octanol–water partition coefficient (Wildman–Crippen LogP) is 1.03. The van der Waals surface area contributed by atoms with E-state index in [-0.39, 0.29) is 36.3 Å². The van der Waals surface area contributed by atoms with Crippen LogP contribution in [0.4, 0.5) is 0 Å². The lowest BCUT2D eigenvalue weighted by Gasteiger charge is -2.32. The van der Waals surface area contributed by atoms with E-state index in [4.69, 9.17) is 5.73 Å². The van der Waals surface area contributed by atoms with Crippen LogP contribution in [-0.4, -0.2) is 51.2 Å². The van der Waals surface area contributed by atoms with Gasteiger partial charge in [-0.25, -0.2) is 0 Å². The summed E-state index contributed by atoms with van der Waals surface area (Å²) in [6.07, 6.45) is 1.66. The second-order valence-electron chi connectivity index (χ2n) is 5.63. The summed E-state index contributed by atoms with van der Waals surface area (Å²) in [6, 6.07) is 0. The van der Waals surface area contributed by atoms with Gasteiger partial charge in [-0.1, -0.05) is 13.8 Å². The van der Waals surface area contributed by atoms with Gasteiger partial charge in [-0.15, -0.1) is 35.0 Å². The molecule has 0 bridgehead atoms. The van der Waals surface area contributed by atoms with E-state index in [1.165, 1.54) is 0 Å². The van der Waals surface area contributed by atoms with Gasteiger partial charge in [0.1, 0.15) is 11.6 Å². The number of nitrogens with zero attached hydrogens (tertiary/aromatic N) is 4. The summed E-state index contributed by atoms with van der Waals surface area (Å²) in [5.74, 6) is 1.70. The van der Waals surface area contributed by atoms with Gasteiger partial charge in [-0.2, -0.15) is 0 Å². The molecule has 3 N–H and O–H groups in total. The summed E-state index contributed by atoms with van der Waals surface area (Å²) in [5.41, 5.74) is 5.51. The Kier molecular flexibility index (Phi) is 11.4. The highest BCUT2D eigenvalue weighted by Crippen LogP contribution is 2.13. The van der Waals surface area contributed by atoms with Crippen LogP contribution >= 0.6 is 24.8 Å². The number of carbonyl (C=O) groups excluding carboxylic acids is 1. The molecule has 0 unspecified atom stereocenters. The SMILES string of the molecule is CCC(CC)(CN)NC(=O)CN(C)Cc1nnc(C)n1C.Cl.Cl. The van der Waals surface area contributed by atoms with Gasteiger partial charge in [0, 0.05) is 13.6 Å². The summed E-state index contributed by atoms with van der Waals surface area (Å²) in [6.45, 7) is 7.34. The summed E-state index contributed by atoms with van der Waals surface area (Å²) in [4.78, 5) is 14.1. The van der Waals surface area contributed by atoms with Crippen LogP contribution < -0.4 is 11.1 Å². The zero-order valence-electron chi connectivity index (χ0n) is 14.6. The molecule has 0 radical (unpaired) electrons. The molecule has 0 aromatic carbocycles. The van der Waals surface area contributed by atoms with Crippen LogP contribution in [0.15, 0.2) is 0 Å². The number of nitrogens with one attached hydrogen (secondary N) is 1. The second-order valence-corrected chi connectivity index (χ2v) is 5.63. The molecule has 1 aromatic rings. The van der Waals surface area contributed by atoms with Gasteiger partial charge in [-0.05, 0) is 26.8 Å². The largest absolute Gasteiger partial charge is 0.348 e. The zero-order chi connectivity index (χ0) is 16.0. The van der Waals surface area contributed by atoms with E-state index in [1.54, 1.807) is 0 Å². The van der Waals surface area contributed by atoms with Crippen molar-refractivity contribution in [1.82, 2.24) is 25.0 Å². The van der Waals surface area contributed by atoms with Crippen LogP contribution in [0, 0.1) is 6.92 Å². The van der Waals surface area contributed by atoms with Gasteiger partial charge in [-0.3, -0.25) is 9.69 Å². The molecule has 0 atom stereocenters. The van der Waals surface area contributed by atoms with Crippen molar-refractivity contribution in [3.05, 3.63) is 11.6 Å². The van der Waals surface area contributed by atoms with Gasteiger partial charge in [0.2, 0.25) is 5.91 Å². The first-order valence-electron chi connectivity index (χ1n) is 7.42. The fourth-order valence-corrected chi connectivity index (χ4v) is 2.23. The number of aromatic nitrogens is 3. The van der Waals surface area contributed by atoms with Crippen molar-refractivity contribution in [3.8, 4) is 0 Å². The third-order valence-electron chi connectivity index (χ3n) is 4.16. The Morgan fingerprint density at radius 3 is 2.26 bits per heavy atom. The highest BCUT2D eigenvalue weighted by atomic mass is 35.5. The molecule has 1 amide bonds. The van der Waals surface area contributed by atoms with Gasteiger partial charge in [0.05, 0.1) is 18.6 Å². The fourth-order valence-electron chi connectivity index (χ4n) is 2.23. The molecule has 0 aliphatic rings. The number of rotatable bonds is 8. The minimum absolute atomic E-state index is 0. The molecule has 1 heterocycles. The lowest BCUT2D eigenvalue weighted by atomic mass is 9.93. The van der Waals surface area contributed by atoms with Crippen molar-refractivity contribution in [2.45, 2.75) is 45.7 Å².